The highest BCUT2D eigenvalue weighted by Crippen LogP contribution is 2.30. The number of hydrogen-bond donors (Lipinski definition) is 0. The van der Waals surface area contributed by atoms with Crippen LogP contribution in [0.3, 0.4) is 0 Å². The lowest BCUT2D eigenvalue weighted by atomic mass is 10.1. The van der Waals surface area contributed by atoms with E-state index in [9.17, 15) is 4.79 Å². The average molecular weight is 414 g/mol. The summed E-state index contributed by atoms with van der Waals surface area (Å²) >= 11 is 1.20. The second-order valence-electron chi connectivity index (χ2n) is 6.26. The molecule has 2 aromatic carbocycles. The molecule has 0 bridgehead atoms. The van der Waals surface area contributed by atoms with Gasteiger partial charge in [0, 0.05) is 5.56 Å². The lowest BCUT2D eigenvalue weighted by Gasteiger charge is -2.11. The van der Waals surface area contributed by atoms with Crippen molar-refractivity contribution in [3.8, 4) is 17.2 Å². The Morgan fingerprint density at radius 3 is 2.62 bits per heavy atom. The van der Waals surface area contributed by atoms with Crippen LogP contribution < -0.4 is 14.2 Å². The van der Waals surface area contributed by atoms with Crippen LogP contribution in [0.5, 0.6) is 17.2 Å². The molecule has 0 N–H and O–H groups in total. The third-order valence-corrected chi connectivity index (χ3v) is 5.05. The van der Waals surface area contributed by atoms with Crippen LogP contribution in [-0.4, -0.2) is 35.5 Å². The first-order valence-electron chi connectivity index (χ1n) is 8.95. The maximum atomic E-state index is 12.7. The van der Waals surface area contributed by atoms with E-state index in [2.05, 4.69) is 10.2 Å². The molecule has 1 unspecified atom stereocenters. The number of carbonyl (C=O) groups excluding carboxylic acids is 1. The third kappa shape index (κ3) is 5.29. The molecule has 0 radical (unpaired) electrons. The van der Waals surface area contributed by atoms with Crippen molar-refractivity contribution < 1.29 is 23.4 Å². The van der Waals surface area contributed by atoms with Crippen LogP contribution in [-0.2, 0) is 6.61 Å². The van der Waals surface area contributed by atoms with Gasteiger partial charge in [0.15, 0.2) is 23.9 Å². The van der Waals surface area contributed by atoms with Crippen LogP contribution in [0.1, 0.15) is 28.7 Å². The highest BCUT2D eigenvalue weighted by molar-refractivity contribution is 8.00. The summed E-state index contributed by atoms with van der Waals surface area (Å²) in [5.74, 6) is 2.07. The molecule has 29 heavy (non-hydrogen) atoms. The van der Waals surface area contributed by atoms with E-state index in [1.807, 2.05) is 31.2 Å². The van der Waals surface area contributed by atoms with Crippen LogP contribution in [0.15, 0.2) is 52.1 Å². The summed E-state index contributed by atoms with van der Waals surface area (Å²) in [6.45, 7) is 3.94. The number of hydrogen-bond acceptors (Lipinski definition) is 8. The monoisotopic (exact) mass is 414 g/mol. The Hall–Kier alpha value is -3.00. The molecule has 0 saturated carbocycles. The van der Waals surface area contributed by atoms with Crippen molar-refractivity contribution in [3.63, 3.8) is 0 Å². The normalized spacial score (nSPS) is 11.7. The molecule has 3 rings (SSSR count). The van der Waals surface area contributed by atoms with Crippen LogP contribution in [0, 0.1) is 6.92 Å². The summed E-state index contributed by atoms with van der Waals surface area (Å²) in [7, 11) is 3.08. The number of benzene rings is 2. The smallest absolute Gasteiger partial charge is 0.277 e. The van der Waals surface area contributed by atoms with Gasteiger partial charge in [-0.2, -0.15) is 0 Å². The van der Waals surface area contributed by atoms with Gasteiger partial charge in [0.05, 0.1) is 19.5 Å². The van der Waals surface area contributed by atoms with Crippen molar-refractivity contribution in [1.29, 1.82) is 0 Å². The number of aromatic nitrogens is 2. The van der Waals surface area contributed by atoms with E-state index >= 15 is 0 Å². The molecule has 0 amide bonds. The summed E-state index contributed by atoms with van der Waals surface area (Å²) in [4.78, 5) is 12.7. The first kappa shape index (κ1) is 20.7. The molecule has 8 heteroatoms. The molecule has 7 nitrogen and oxygen atoms in total. The quantitative estimate of drug-likeness (QED) is 0.378. The van der Waals surface area contributed by atoms with Crippen molar-refractivity contribution >= 4 is 17.5 Å². The second kappa shape index (κ2) is 9.47. The average Bonchev–Trinajstić information content (AvgIpc) is 3.18. The third-order valence-electron chi connectivity index (χ3n) is 4.12. The van der Waals surface area contributed by atoms with E-state index in [0.29, 0.717) is 28.2 Å². The number of Topliss-reactive ketones (excluding diaryl/α,β-unsaturated/α-hetero) is 1. The van der Waals surface area contributed by atoms with E-state index < -0.39 is 5.25 Å². The van der Waals surface area contributed by atoms with Gasteiger partial charge in [-0.3, -0.25) is 4.79 Å². The van der Waals surface area contributed by atoms with Crippen LogP contribution in [0.25, 0.3) is 0 Å². The molecular weight excluding hydrogens is 392 g/mol. The Balaban J connectivity index is 1.60. The summed E-state index contributed by atoms with van der Waals surface area (Å²) < 4.78 is 21.7. The van der Waals surface area contributed by atoms with E-state index in [-0.39, 0.29) is 12.4 Å². The Morgan fingerprint density at radius 2 is 1.90 bits per heavy atom. The fourth-order valence-corrected chi connectivity index (χ4v) is 3.40. The molecule has 0 aliphatic rings. The topological polar surface area (TPSA) is 83.7 Å². The summed E-state index contributed by atoms with van der Waals surface area (Å²) in [5, 5.41) is 7.87. The van der Waals surface area contributed by atoms with Crippen molar-refractivity contribution in [2.75, 3.05) is 14.2 Å². The second-order valence-corrected chi connectivity index (χ2v) is 7.55. The van der Waals surface area contributed by atoms with Gasteiger partial charge >= 0.3 is 0 Å². The summed E-state index contributed by atoms with van der Waals surface area (Å²) in [6.07, 6.45) is 0. The predicted octanol–water partition coefficient (Wildman–Crippen LogP) is 4.34. The van der Waals surface area contributed by atoms with Crippen LogP contribution in [0.2, 0.25) is 0 Å². The molecule has 152 valence electrons. The molecule has 1 aromatic heterocycles. The zero-order valence-electron chi connectivity index (χ0n) is 16.7. The molecule has 0 aliphatic carbocycles. The largest absolute Gasteiger partial charge is 0.493 e. The Kier molecular flexibility index (Phi) is 6.77. The minimum absolute atomic E-state index is 0.0771. The summed E-state index contributed by atoms with van der Waals surface area (Å²) in [6, 6.07) is 12.8. The standard InChI is InChI=1S/C21H22N2O5S/c1-13-6-5-7-16(10-13)27-12-19-22-23-21(28-19)29-14(2)20(24)15-8-9-17(25-3)18(11-15)26-4/h5-11,14H,12H2,1-4H3. The number of aryl methyl sites for hydroxylation is 1. The molecule has 1 heterocycles. The van der Waals surface area contributed by atoms with E-state index in [1.165, 1.54) is 18.9 Å². The number of thioether (sulfide) groups is 1. The van der Waals surface area contributed by atoms with Gasteiger partial charge in [-0.15, -0.1) is 10.2 Å². The van der Waals surface area contributed by atoms with Gasteiger partial charge in [0.1, 0.15) is 5.75 Å². The minimum Gasteiger partial charge on any atom is -0.493 e. The van der Waals surface area contributed by atoms with Gasteiger partial charge in [-0.05, 0) is 49.7 Å². The number of ether oxygens (including phenoxy) is 3. The molecule has 0 saturated heterocycles. The van der Waals surface area contributed by atoms with Crippen molar-refractivity contribution in [2.45, 2.75) is 30.9 Å². The van der Waals surface area contributed by atoms with Gasteiger partial charge in [-0.25, -0.2) is 0 Å². The summed E-state index contributed by atoms with van der Waals surface area (Å²) in [5.41, 5.74) is 1.62. The first-order chi connectivity index (χ1) is 14.0. The van der Waals surface area contributed by atoms with Crippen LogP contribution >= 0.6 is 11.8 Å². The fourth-order valence-electron chi connectivity index (χ4n) is 2.62. The predicted molar refractivity (Wildman–Crippen MR) is 109 cm³/mol. The van der Waals surface area contributed by atoms with E-state index in [1.54, 1.807) is 32.2 Å². The highest BCUT2D eigenvalue weighted by atomic mass is 32.2. The highest BCUT2D eigenvalue weighted by Gasteiger charge is 2.21. The molecular formula is C21H22N2O5S. The number of carbonyl (C=O) groups is 1. The van der Waals surface area contributed by atoms with Crippen molar-refractivity contribution in [2.24, 2.45) is 0 Å². The fraction of sp³-hybridized carbons (Fsp3) is 0.286. The van der Waals surface area contributed by atoms with Crippen molar-refractivity contribution in [3.05, 3.63) is 59.5 Å². The van der Waals surface area contributed by atoms with Gasteiger partial charge in [0.2, 0.25) is 0 Å². The lowest BCUT2D eigenvalue weighted by Crippen LogP contribution is -2.13. The molecule has 1 atom stereocenters. The zero-order valence-corrected chi connectivity index (χ0v) is 17.5. The number of ketones is 1. The molecule has 0 aliphatic heterocycles. The maximum absolute atomic E-state index is 12.7. The van der Waals surface area contributed by atoms with Crippen LogP contribution in [0.4, 0.5) is 0 Å². The van der Waals surface area contributed by atoms with Gasteiger partial charge < -0.3 is 18.6 Å². The lowest BCUT2D eigenvalue weighted by molar-refractivity contribution is 0.0993. The van der Waals surface area contributed by atoms with Gasteiger partial charge in [-0.1, -0.05) is 23.9 Å². The molecule has 0 fully saturated rings. The van der Waals surface area contributed by atoms with E-state index in [4.69, 9.17) is 18.6 Å². The zero-order chi connectivity index (χ0) is 20.8. The maximum Gasteiger partial charge on any atom is 0.277 e. The molecule has 3 aromatic rings. The van der Waals surface area contributed by atoms with Crippen molar-refractivity contribution in [1.82, 2.24) is 10.2 Å². The number of methoxy groups -OCH3 is 2. The first-order valence-corrected chi connectivity index (χ1v) is 9.83. The molecule has 0 spiro atoms. The van der Waals surface area contributed by atoms with Gasteiger partial charge in [0.25, 0.3) is 11.1 Å². The number of nitrogens with zero attached hydrogens (tertiary/aromatic N) is 2. The Labute approximate surface area is 173 Å². The number of rotatable bonds is 9. The minimum atomic E-state index is -0.418. The Morgan fingerprint density at radius 1 is 1.10 bits per heavy atom. The SMILES string of the molecule is COc1ccc(C(=O)C(C)Sc2nnc(COc3cccc(C)c3)o2)cc1OC. The Bertz CT molecular complexity index is 989. The van der Waals surface area contributed by atoms with E-state index in [0.717, 1.165) is 11.3 Å².